The van der Waals surface area contributed by atoms with E-state index in [2.05, 4.69) is 71.2 Å². The molecule has 4 heteroatoms. The Bertz CT molecular complexity index is 1330. The zero-order chi connectivity index (χ0) is 25.2. The van der Waals surface area contributed by atoms with Crippen LogP contribution in [0, 0.1) is 18.7 Å². The number of rotatable bonds is 5. The number of nitrogens with zero attached hydrogens (tertiary/aromatic N) is 2. The molecule has 0 spiro atoms. The van der Waals surface area contributed by atoms with Gasteiger partial charge in [0, 0.05) is 23.4 Å². The van der Waals surface area contributed by atoms with E-state index in [0.29, 0.717) is 24.2 Å². The maximum absolute atomic E-state index is 14.7. The lowest BCUT2D eigenvalue weighted by Crippen LogP contribution is -2.22. The van der Waals surface area contributed by atoms with Gasteiger partial charge in [-0.05, 0) is 109 Å². The highest BCUT2D eigenvalue weighted by Gasteiger charge is 2.35. The van der Waals surface area contributed by atoms with Crippen molar-refractivity contribution in [3.05, 3.63) is 98.3 Å². The first-order valence-electron chi connectivity index (χ1n) is 13.1. The molecule has 36 heavy (non-hydrogen) atoms. The van der Waals surface area contributed by atoms with Crippen LogP contribution in [-0.4, -0.2) is 19.0 Å². The van der Waals surface area contributed by atoms with E-state index in [9.17, 15) is 4.39 Å². The first kappa shape index (κ1) is 25.1. The Balaban J connectivity index is 1.58. The highest BCUT2D eigenvalue weighted by atomic mass is 79.9. The van der Waals surface area contributed by atoms with Crippen LogP contribution in [-0.2, 0) is 12.8 Å². The fraction of sp³-hybridized carbons (Fsp3) is 0.375. The summed E-state index contributed by atoms with van der Waals surface area (Å²) < 4.78 is 15.4. The van der Waals surface area contributed by atoms with E-state index in [0.717, 1.165) is 34.1 Å². The Morgan fingerprint density at radius 2 is 1.81 bits per heavy atom. The molecule has 1 aliphatic carbocycles. The van der Waals surface area contributed by atoms with Gasteiger partial charge in [0.1, 0.15) is 5.82 Å². The summed E-state index contributed by atoms with van der Waals surface area (Å²) in [6.07, 6.45) is 7.96. The van der Waals surface area contributed by atoms with Gasteiger partial charge in [0.15, 0.2) is 0 Å². The van der Waals surface area contributed by atoms with E-state index >= 15 is 0 Å². The first-order valence-corrected chi connectivity index (χ1v) is 13.9. The van der Waals surface area contributed by atoms with Gasteiger partial charge < -0.3 is 0 Å². The van der Waals surface area contributed by atoms with E-state index in [1.807, 2.05) is 25.4 Å². The van der Waals surface area contributed by atoms with Crippen LogP contribution in [0.15, 0.2) is 69.1 Å². The Kier molecular flexibility index (Phi) is 7.52. The molecule has 1 fully saturated rings. The van der Waals surface area contributed by atoms with Crippen LogP contribution in [0.2, 0.25) is 0 Å². The number of benzene rings is 3. The number of halogens is 2. The summed E-state index contributed by atoms with van der Waals surface area (Å²) in [7, 11) is 1.81. The van der Waals surface area contributed by atoms with E-state index < -0.39 is 0 Å². The van der Waals surface area contributed by atoms with Crippen LogP contribution in [0.25, 0.3) is 0 Å². The van der Waals surface area contributed by atoms with Gasteiger partial charge in [-0.25, -0.2) is 4.39 Å². The number of aliphatic imine (C=N–C) groups is 2. The summed E-state index contributed by atoms with van der Waals surface area (Å²) in [6, 6.07) is 18.9. The van der Waals surface area contributed by atoms with Crippen molar-refractivity contribution in [1.29, 1.82) is 0 Å². The monoisotopic (exact) mass is 544 g/mol. The van der Waals surface area contributed by atoms with Gasteiger partial charge in [-0.2, -0.15) is 0 Å². The van der Waals surface area contributed by atoms with Crippen molar-refractivity contribution in [3.8, 4) is 0 Å². The molecule has 3 unspecified atom stereocenters. The highest BCUT2D eigenvalue weighted by Crippen LogP contribution is 2.49. The molecule has 0 radical (unpaired) electrons. The third kappa shape index (κ3) is 5.25. The third-order valence-corrected chi connectivity index (χ3v) is 8.50. The lowest BCUT2D eigenvalue weighted by Gasteiger charge is -2.32. The van der Waals surface area contributed by atoms with E-state index in [-0.39, 0.29) is 5.82 Å². The number of hydrogen-bond donors (Lipinski definition) is 0. The summed E-state index contributed by atoms with van der Waals surface area (Å²) >= 11 is 3.38. The van der Waals surface area contributed by atoms with Crippen molar-refractivity contribution in [2.24, 2.45) is 15.9 Å². The van der Waals surface area contributed by atoms with Crippen molar-refractivity contribution in [2.75, 3.05) is 7.05 Å². The molecule has 0 aromatic heterocycles. The molecule has 0 saturated heterocycles. The van der Waals surface area contributed by atoms with Crippen molar-refractivity contribution in [1.82, 2.24) is 0 Å². The Morgan fingerprint density at radius 1 is 0.972 bits per heavy atom. The summed E-state index contributed by atoms with van der Waals surface area (Å²) in [6.45, 7) is 4.52. The molecular formula is C32H34BrFN2. The molecule has 5 rings (SSSR count). The van der Waals surface area contributed by atoms with Gasteiger partial charge in [-0.15, -0.1) is 0 Å². The predicted octanol–water partition coefficient (Wildman–Crippen LogP) is 8.89. The van der Waals surface area contributed by atoms with Crippen molar-refractivity contribution in [2.45, 2.75) is 64.2 Å². The average Bonchev–Trinajstić information content (AvgIpc) is 2.96. The quantitative estimate of drug-likeness (QED) is 0.286. The van der Waals surface area contributed by atoms with Crippen LogP contribution in [0.1, 0.15) is 77.8 Å². The fourth-order valence-electron chi connectivity index (χ4n) is 6.09. The van der Waals surface area contributed by atoms with Crippen molar-refractivity contribution in [3.63, 3.8) is 0 Å². The summed E-state index contributed by atoms with van der Waals surface area (Å²) in [4.78, 5) is 9.50. The summed E-state index contributed by atoms with van der Waals surface area (Å²) in [5, 5.41) is 0. The number of aryl methyl sites for hydroxylation is 3. The molecule has 2 nitrogen and oxygen atoms in total. The van der Waals surface area contributed by atoms with Crippen LogP contribution in [0.3, 0.4) is 0 Å². The number of fused-ring (bicyclic) bond motifs is 5. The van der Waals surface area contributed by atoms with Crippen LogP contribution in [0.4, 0.5) is 10.1 Å². The maximum atomic E-state index is 14.7. The van der Waals surface area contributed by atoms with Gasteiger partial charge in [0.2, 0.25) is 0 Å². The summed E-state index contributed by atoms with van der Waals surface area (Å²) in [5.41, 5.74) is 9.73. The second-order valence-electron chi connectivity index (χ2n) is 10.5. The van der Waals surface area contributed by atoms with E-state index in [1.165, 1.54) is 47.2 Å². The minimum atomic E-state index is -0.147. The predicted molar refractivity (Wildman–Crippen MR) is 153 cm³/mol. The molecule has 2 bridgehead atoms. The second kappa shape index (κ2) is 10.8. The minimum Gasteiger partial charge on any atom is -0.296 e. The highest BCUT2D eigenvalue weighted by molar-refractivity contribution is 9.10. The number of hydrogen-bond acceptors (Lipinski definition) is 2. The van der Waals surface area contributed by atoms with Gasteiger partial charge in [-0.3, -0.25) is 9.98 Å². The molecule has 0 amide bonds. The van der Waals surface area contributed by atoms with Crippen molar-refractivity contribution < 1.29 is 4.39 Å². The van der Waals surface area contributed by atoms with E-state index in [4.69, 9.17) is 4.99 Å². The SMILES string of the molecule is CN=Cc1ccc(C2CC3=Nc4ccc(C)cc4C2CCCC3C)c(CCc2ccc(Br)cc2F)c1. The summed E-state index contributed by atoms with van der Waals surface area (Å²) in [5.74, 6) is 1.15. The van der Waals surface area contributed by atoms with Crippen LogP contribution >= 0.6 is 15.9 Å². The average molecular weight is 546 g/mol. The maximum Gasteiger partial charge on any atom is 0.127 e. The Morgan fingerprint density at radius 3 is 2.61 bits per heavy atom. The Hall–Kier alpha value is -2.59. The molecule has 3 atom stereocenters. The minimum absolute atomic E-state index is 0.147. The normalized spacial score (nSPS) is 21.6. The van der Waals surface area contributed by atoms with Gasteiger partial charge in [-0.1, -0.05) is 65.2 Å². The molecule has 1 heterocycles. The molecule has 3 aromatic rings. The van der Waals surface area contributed by atoms with Crippen LogP contribution in [0.5, 0.6) is 0 Å². The van der Waals surface area contributed by atoms with Gasteiger partial charge in [0.25, 0.3) is 0 Å². The van der Waals surface area contributed by atoms with Crippen molar-refractivity contribution >= 4 is 33.5 Å². The molecule has 1 saturated carbocycles. The lowest BCUT2D eigenvalue weighted by atomic mass is 9.71. The second-order valence-corrected chi connectivity index (χ2v) is 11.4. The van der Waals surface area contributed by atoms with Gasteiger partial charge in [0.05, 0.1) is 5.69 Å². The Labute approximate surface area is 222 Å². The molecule has 186 valence electrons. The topological polar surface area (TPSA) is 24.7 Å². The largest absolute Gasteiger partial charge is 0.296 e. The zero-order valence-corrected chi connectivity index (χ0v) is 23.0. The van der Waals surface area contributed by atoms with E-state index in [1.54, 1.807) is 6.07 Å². The molecule has 3 aromatic carbocycles. The third-order valence-electron chi connectivity index (χ3n) is 8.01. The molecule has 2 aliphatic rings. The van der Waals surface area contributed by atoms with Crippen LogP contribution < -0.4 is 0 Å². The lowest BCUT2D eigenvalue weighted by molar-refractivity contribution is 0.451. The first-order chi connectivity index (χ1) is 17.4. The van der Waals surface area contributed by atoms with Gasteiger partial charge >= 0.3 is 0 Å². The fourth-order valence-corrected chi connectivity index (χ4v) is 6.42. The molecular weight excluding hydrogens is 511 g/mol. The molecule has 1 aliphatic heterocycles. The zero-order valence-electron chi connectivity index (χ0n) is 21.4. The molecule has 0 N–H and O–H groups in total. The smallest absolute Gasteiger partial charge is 0.127 e. The standard InChI is InChI=1S/C32H34BrFN2/c1-20-7-14-31-29(15-20)27-6-4-5-21(2)32(36-31)18-28(27)26-13-8-22(19-35-3)16-24(26)10-9-23-11-12-25(33)17-30(23)34/h7-8,11-17,19,21,27-28H,4-6,9-10,18H2,1-3H3.